The molecule has 116 valence electrons. The van der Waals surface area contributed by atoms with Gasteiger partial charge in [-0.15, -0.1) is 24.0 Å². The fourth-order valence-corrected chi connectivity index (χ4v) is 2.85. The van der Waals surface area contributed by atoms with Gasteiger partial charge in [0.25, 0.3) is 0 Å². The number of nitrogens with zero attached hydrogens (tertiary/aromatic N) is 2. The summed E-state index contributed by atoms with van der Waals surface area (Å²) in [6.45, 7) is 2.11. The van der Waals surface area contributed by atoms with Crippen molar-refractivity contribution in [3.63, 3.8) is 0 Å². The second-order valence-electron chi connectivity index (χ2n) is 5.90. The average molecular weight is 403 g/mol. The third-order valence-electron chi connectivity index (χ3n) is 4.15. The molecule has 21 heavy (non-hydrogen) atoms. The first-order valence-electron chi connectivity index (χ1n) is 7.47. The minimum Gasteiger partial charge on any atom is -0.354 e. The molecule has 0 amide bonds. The molecule has 0 bridgehead atoms. The lowest BCUT2D eigenvalue weighted by molar-refractivity contribution is 0.459. The molecule has 1 aromatic carbocycles. The number of rotatable bonds is 3. The smallest absolute Gasteiger partial charge is 0.193 e. The van der Waals surface area contributed by atoms with Crippen molar-refractivity contribution in [1.82, 2.24) is 10.2 Å². The van der Waals surface area contributed by atoms with Crippen molar-refractivity contribution >= 4 is 29.9 Å². The maximum absolute atomic E-state index is 12.9. The predicted molar refractivity (Wildman–Crippen MR) is 94.7 cm³/mol. The third kappa shape index (κ3) is 4.56. The molecule has 1 saturated heterocycles. The van der Waals surface area contributed by atoms with E-state index in [1.165, 1.54) is 24.8 Å². The van der Waals surface area contributed by atoms with Gasteiger partial charge in [-0.25, -0.2) is 4.39 Å². The molecule has 0 aromatic heterocycles. The number of nitrogens with one attached hydrogen (secondary N) is 1. The van der Waals surface area contributed by atoms with Gasteiger partial charge < -0.3 is 10.2 Å². The lowest BCUT2D eigenvalue weighted by Crippen LogP contribution is -2.41. The summed E-state index contributed by atoms with van der Waals surface area (Å²) < 4.78 is 12.9. The van der Waals surface area contributed by atoms with Crippen LogP contribution in [-0.4, -0.2) is 37.0 Å². The Morgan fingerprint density at radius 1 is 1.29 bits per heavy atom. The number of halogens is 2. The highest BCUT2D eigenvalue weighted by Gasteiger charge is 2.29. The summed E-state index contributed by atoms with van der Waals surface area (Å²) in [4.78, 5) is 6.74. The molecule has 1 saturated carbocycles. The molecule has 5 heteroatoms. The molecule has 1 aliphatic carbocycles. The van der Waals surface area contributed by atoms with Gasteiger partial charge in [0.15, 0.2) is 5.96 Å². The summed E-state index contributed by atoms with van der Waals surface area (Å²) in [5.74, 6) is 1.53. The van der Waals surface area contributed by atoms with Gasteiger partial charge in [-0.05, 0) is 49.3 Å². The second kappa shape index (κ2) is 7.42. The SMILES string of the molecule is CN=C(NC1CC1)N1CCC(Cc2ccc(F)cc2)C1.I. The zero-order valence-corrected chi connectivity index (χ0v) is 14.7. The molecule has 3 rings (SSSR count). The highest BCUT2D eigenvalue weighted by Crippen LogP contribution is 2.23. The minimum absolute atomic E-state index is 0. The van der Waals surface area contributed by atoms with Crippen LogP contribution in [0.15, 0.2) is 29.3 Å². The van der Waals surface area contributed by atoms with Gasteiger partial charge in [0.1, 0.15) is 5.82 Å². The lowest BCUT2D eigenvalue weighted by atomic mass is 9.99. The first-order chi connectivity index (χ1) is 9.74. The van der Waals surface area contributed by atoms with Crippen molar-refractivity contribution in [2.75, 3.05) is 20.1 Å². The first-order valence-corrected chi connectivity index (χ1v) is 7.47. The first kappa shape index (κ1) is 16.5. The normalized spacial score (nSPS) is 22.1. The molecule has 1 atom stereocenters. The van der Waals surface area contributed by atoms with Crippen LogP contribution in [0.1, 0.15) is 24.8 Å². The standard InChI is InChI=1S/C16H22FN3.HI/c1-18-16(19-15-6-7-15)20-9-8-13(11-20)10-12-2-4-14(17)5-3-12;/h2-5,13,15H,6-11H2,1H3,(H,18,19);1H. The molecule has 1 aliphatic heterocycles. The van der Waals surface area contributed by atoms with E-state index in [0.717, 1.165) is 25.5 Å². The lowest BCUT2D eigenvalue weighted by Gasteiger charge is -2.21. The molecule has 3 nitrogen and oxygen atoms in total. The number of guanidine groups is 1. The van der Waals surface area contributed by atoms with Crippen LogP contribution in [0.3, 0.4) is 0 Å². The van der Waals surface area contributed by atoms with Gasteiger partial charge in [0, 0.05) is 26.2 Å². The van der Waals surface area contributed by atoms with Crippen LogP contribution in [0.5, 0.6) is 0 Å². The van der Waals surface area contributed by atoms with Crippen LogP contribution < -0.4 is 5.32 Å². The van der Waals surface area contributed by atoms with E-state index in [1.54, 1.807) is 12.1 Å². The monoisotopic (exact) mass is 403 g/mol. The highest BCUT2D eigenvalue weighted by atomic mass is 127. The van der Waals surface area contributed by atoms with E-state index in [4.69, 9.17) is 0 Å². The van der Waals surface area contributed by atoms with Gasteiger partial charge in [-0.1, -0.05) is 12.1 Å². The van der Waals surface area contributed by atoms with Crippen molar-refractivity contribution in [1.29, 1.82) is 0 Å². The van der Waals surface area contributed by atoms with Crippen LogP contribution in [0.2, 0.25) is 0 Å². The van der Waals surface area contributed by atoms with Gasteiger partial charge in [0.2, 0.25) is 0 Å². The van der Waals surface area contributed by atoms with E-state index in [2.05, 4.69) is 15.2 Å². The molecule has 1 aromatic rings. The van der Waals surface area contributed by atoms with Crippen molar-refractivity contribution < 1.29 is 4.39 Å². The topological polar surface area (TPSA) is 27.6 Å². The van der Waals surface area contributed by atoms with Gasteiger partial charge in [-0.2, -0.15) is 0 Å². The minimum atomic E-state index is -0.157. The molecule has 2 fully saturated rings. The Balaban J connectivity index is 0.00000161. The number of aliphatic imine (C=N–C) groups is 1. The fourth-order valence-electron chi connectivity index (χ4n) is 2.85. The summed E-state index contributed by atoms with van der Waals surface area (Å²) in [7, 11) is 1.86. The summed E-state index contributed by atoms with van der Waals surface area (Å²) in [5, 5.41) is 3.50. The molecule has 1 unspecified atom stereocenters. The van der Waals surface area contributed by atoms with Crippen LogP contribution in [-0.2, 0) is 6.42 Å². The van der Waals surface area contributed by atoms with Gasteiger partial charge in [0.05, 0.1) is 0 Å². The quantitative estimate of drug-likeness (QED) is 0.478. The Labute approximate surface area is 143 Å². The Morgan fingerprint density at radius 2 is 2.00 bits per heavy atom. The molecule has 1 heterocycles. The van der Waals surface area contributed by atoms with Crippen molar-refractivity contribution in [3.05, 3.63) is 35.6 Å². The Morgan fingerprint density at radius 3 is 2.62 bits per heavy atom. The molecule has 1 N–H and O–H groups in total. The number of hydrogen-bond acceptors (Lipinski definition) is 1. The molecule has 0 radical (unpaired) electrons. The molecular weight excluding hydrogens is 380 g/mol. The van der Waals surface area contributed by atoms with Gasteiger partial charge in [-0.3, -0.25) is 4.99 Å². The maximum Gasteiger partial charge on any atom is 0.193 e. The van der Waals surface area contributed by atoms with E-state index in [9.17, 15) is 4.39 Å². The van der Waals surface area contributed by atoms with Crippen LogP contribution in [0.4, 0.5) is 4.39 Å². The van der Waals surface area contributed by atoms with Crippen molar-refractivity contribution in [2.24, 2.45) is 10.9 Å². The van der Waals surface area contributed by atoms with Crippen molar-refractivity contribution in [3.8, 4) is 0 Å². The summed E-state index contributed by atoms with van der Waals surface area (Å²) >= 11 is 0. The van der Waals surface area contributed by atoms with E-state index in [-0.39, 0.29) is 29.8 Å². The Kier molecular flexibility index (Phi) is 5.84. The summed E-state index contributed by atoms with van der Waals surface area (Å²) in [6.07, 6.45) is 4.75. The molecule has 2 aliphatic rings. The van der Waals surface area contributed by atoms with Crippen LogP contribution in [0.25, 0.3) is 0 Å². The van der Waals surface area contributed by atoms with E-state index in [1.807, 2.05) is 19.2 Å². The van der Waals surface area contributed by atoms with Gasteiger partial charge >= 0.3 is 0 Å². The number of hydrogen-bond donors (Lipinski definition) is 1. The number of likely N-dealkylation sites (tertiary alicyclic amines) is 1. The average Bonchev–Trinajstić information content (AvgIpc) is 3.17. The zero-order chi connectivity index (χ0) is 13.9. The predicted octanol–water partition coefficient (Wildman–Crippen LogP) is 3.05. The third-order valence-corrected chi connectivity index (χ3v) is 4.15. The zero-order valence-electron chi connectivity index (χ0n) is 12.4. The highest BCUT2D eigenvalue weighted by molar-refractivity contribution is 14.0. The Bertz CT molecular complexity index is 485. The molecule has 0 spiro atoms. The van der Waals surface area contributed by atoms with E-state index in [0.29, 0.717) is 12.0 Å². The Hall–Kier alpha value is -0.850. The largest absolute Gasteiger partial charge is 0.354 e. The second-order valence-corrected chi connectivity index (χ2v) is 5.90. The van der Waals surface area contributed by atoms with E-state index < -0.39 is 0 Å². The maximum atomic E-state index is 12.9. The van der Waals surface area contributed by atoms with Crippen LogP contribution in [0, 0.1) is 11.7 Å². The fraction of sp³-hybridized carbons (Fsp3) is 0.562. The summed E-state index contributed by atoms with van der Waals surface area (Å²) in [6, 6.07) is 7.54. The van der Waals surface area contributed by atoms with Crippen LogP contribution >= 0.6 is 24.0 Å². The number of benzene rings is 1. The van der Waals surface area contributed by atoms with E-state index >= 15 is 0 Å². The van der Waals surface area contributed by atoms with Crippen molar-refractivity contribution in [2.45, 2.75) is 31.7 Å². The molecular formula is C16H23FIN3. The summed E-state index contributed by atoms with van der Waals surface area (Å²) in [5.41, 5.74) is 1.23.